The first-order valence-electron chi connectivity index (χ1n) is 13.8. The summed E-state index contributed by atoms with van der Waals surface area (Å²) >= 11 is 6.00. The molecule has 0 unspecified atom stereocenters. The second kappa shape index (κ2) is 15.3. The molecule has 0 atom stereocenters. The number of aldehydes is 1. The summed E-state index contributed by atoms with van der Waals surface area (Å²) in [5, 5.41) is 12.6. The number of hydrogen-bond acceptors (Lipinski definition) is 7. The lowest BCUT2D eigenvalue weighted by Crippen LogP contribution is -2.39. The normalized spacial score (nSPS) is 13.4. The van der Waals surface area contributed by atoms with Gasteiger partial charge in [0.15, 0.2) is 0 Å². The third-order valence-electron chi connectivity index (χ3n) is 6.90. The van der Waals surface area contributed by atoms with E-state index in [4.69, 9.17) is 26.6 Å². The van der Waals surface area contributed by atoms with Crippen LogP contribution in [-0.2, 0) is 11.3 Å². The van der Waals surface area contributed by atoms with Gasteiger partial charge in [0, 0.05) is 67.6 Å². The number of unbranched alkanes of at least 4 members (excludes halogenated alkanes) is 2. The summed E-state index contributed by atoms with van der Waals surface area (Å²) in [5.41, 5.74) is 3.46. The largest absolute Gasteiger partial charge is 0.379 e. The van der Waals surface area contributed by atoms with Crippen LogP contribution in [0.3, 0.4) is 0 Å². The van der Waals surface area contributed by atoms with Crippen molar-refractivity contribution in [2.45, 2.75) is 25.8 Å². The number of benzene rings is 2. The second-order valence-electron chi connectivity index (χ2n) is 9.74. The van der Waals surface area contributed by atoms with E-state index in [0.29, 0.717) is 35.0 Å². The first-order valence-corrected chi connectivity index (χ1v) is 14.2. The zero-order valence-electron chi connectivity index (χ0n) is 23.3. The summed E-state index contributed by atoms with van der Waals surface area (Å²) in [6.45, 7) is 6.85. The average Bonchev–Trinajstić information content (AvgIpc) is 3.47. The Morgan fingerprint density at radius 2 is 1.76 bits per heavy atom. The van der Waals surface area contributed by atoms with Gasteiger partial charge in [-0.25, -0.2) is 4.98 Å². The number of imidazole rings is 1. The summed E-state index contributed by atoms with van der Waals surface area (Å²) in [6.07, 6.45) is 4.52. The van der Waals surface area contributed by atoms with Gasteiger partial charge in [-0.1, -0.05) is 48.0 Å². The third-order valence-corrected chi connectivity index (χ3v) is 7.15. The molecule has 0 aliphatic carbocycles. The minimum atomic E-state index is -0.189. The lowest BCUT2D eigenvalue weighted by Gasteiger charge is -2.26. The molecular formula is C31H35ClN6O3. The molecule has 2 aromatic heterocycles. The van der Waals surface area contributed by atoms with E-state index in [1.807, 2.05) is 35.9 Å². The molecule has 2 aromatic carbocycles. The molecule has 0 radical (unpaired) electrons. The highest BCUT2D eigenvalue weighted by Gasteiger charge is 2.15. The van der Waals surface area contributed by atoms with Gasteiger partial charge in [-0.05, 0) is 37.6 Å². The maximum atomic E-state index is 12.9. The van der Waals surface area contributed by atoms with E-state index in [0.717, 1.165) is 75.3 Å². The van der Waals surface area contributed by atoms with Crippen molar-refractivity contribution in [1.82, 2.24) is 24.2 Å². The molecule has 1 fully saturated rings. The van der Waals surface area contributed by atoms with Crippen molar-refractivity contribution in [2.75, 3.05) is 46.4 Å². The van der Waals surface area contributed by atoms with Gasteiger partial charge in [0.05, 0.1) is 30.7 Å². The maximum Gasteiger partial charge on any atom is 0.259 e. The minimum absolute atomic E-state index is 0.189. The monoisotopic (exact) mass is 574 g/mol. The standard InChI is InChI=1S/C24H19ClN4O2.C7H16N2O/c25-20-10-8-18(9-11-20)21-15-29-23(31)14-22(19-6-4-17(16-30)5-7-19)28(24(29)27-21)13-3-1-2-12-26;1-8-2-3-9-4-6-10-7-5-9/h4-11,14-16H,1-3,13H2;8H,2-7H2,1H3. The topological polar surface area (TPSA) is 105 Å². The van der Waals surface area contributed by atoms with E-state index in [1.165, 1.54) is 4.40 Å². The third kappa shape index (κ3) is 8.12. The SMILES string of the molecule is CNCCN1CCOCC1.N#CCCCCn1c(-c2ccc(C=O)cc2)cc(=O)n2cc(-c3ccc(Cl)cc3)nc12. The summed E-state index contributed by atoms with van der Waals surface area (Å²) in [6, 6.07) is 18.1. The summed E-state index contributed by atoms with van der Waals surface area (Å²) < 4.78 is 8.75. The van der Waals surface area contributed by atoms with E-state index in [1.54, 1.807) is 36.5 Å². The molecule has 1 N–H and O–H groups in total. The molecule has 0 saturated carbocycles. The van der Waals surface area contributed by atoms with Crippen LogP contribution in [-0.4, -0.2) is 71.6 Å². The minimum Gasteiger partial charge on any atom is -0.379 e. The zero-order valence-corrected chi connectivity index (χ0v) is 24.0. The first kappa shape index (κ1) is 30.2. The van der Waals surface area contributed by atoms with Gasteiger partial charge < -0.3 is 14.6 Å². The number of nitriles is 1. The number of ether oxygens (including phenoxy) is 1. The van der Waals surface area contributed by atoms with E-state index < -0.39 is 0 Å². The molecule has 1 saturated heterocycles. The molecule has 0 spiro atoms. The van der Waals surface area contributed by atoms with Crippen LogP contribution in [0.25, 0.3) is 28.3 Å². The zero-order chi connectivity index (χ0) is 29.0. The van der Waals surface area contributed by atoms with Gasteiger partial charge in [0.25, 0.3) is 5.56 Å². The molecule has 1 aliphatic rings. The quantitative estimate of drug-likeness (QED) is 0.219. The lowest BCUT2D eigenvalue weighted by molar-refractivity contribution is 0.0386. The molecule has 0 bridgehead atoms. The van der Waals surface area contributed by atoms with Gasteiger partial charge in [-0.3, -0.25) is 18.9 Å². The molecule has 9 nitrogen and oxygen atoms in total. The number of morpholine rings is 1. The van der Waals surface area contributed by atoms with Gasteiger partial charge in [0.1, 0.15) is 6.29 Å². The van der Waals surface area contributed by atoms with Crippen LogP contribution in [0, 0.1) is 11.3 Å². The maximum absolute atomic E-state index is 12.9. The van der Waals surface area contributed by atoms with Crippen molar-refractivity contribution in [3.63, 3.8) is 0 Å². The van der Waals surface area contributed by atoms with Gasteiger partial charge >= 0.3 is 0 Å². The second-order valence-corrected chi connectivity index (χ2v) is 10.2. The Morgan fingerprint density at radius 1 is 1.05 bits per heavy atom. The summed E-state index contributed by atoms with van der Waals surface area (Å²) in [4.78, 5) is 31.1. The highest BCUT2D eigenvalue weighted by Crippen LogP contribution is 2.25. The van der Waals surface area contributed by atoms with Crippen molar-refractivity contribution in [2.24, 2.45) is 0 Å². The number of aromatic nitrogens is 3. The van der Waals surface area contributed by atoms with Gasteiger partial charge in [-0.2, -0.15) is 5.26 Å². The fraction of sp³-hybridized carbons (Fsp3) is 0.355. The lowest BCUT2D eigenvalue weighted by atomic mass is 10.1. The molecule has 5 rings (SSSR count). The van der Waals surface area contributed by atoms with Crippen LogP contribution in [0.5, 0.6) is 0 Å². The van der Waals surface area contributed by atoms with Crippen LogP contribution in [0.15, 0.2) is 65.6 Å². The average molecular weight is 575 g/mol. The van der Waals surface area contributed by atoms with Crippen molar-refractivity contribution < 1.29 is 9.53 Å². The molecular weight excluding hydrogens is 540 g/mol. The molecule has 214 valence electrons. The molecule has 41 heavy (non-hydrogen) atoms. The Balaban J connectivity index is 0.000000328. The van der Waals surface area contributed by atoms with E-state index in [9.17, 15) is 9.59 Å². The van der Waals surface area contributed by atoms with Crippen LogP contribution in [0.2, 0.25) is 5.02 Å². The molecule has 10 heteroatoms. The Bertz CT molecular complexity index is 1520. The fourth-order valence-electron chi connectivity index (χ4n) is 4.62. The Morgan fingerprint density at radius 3 is 2.41 bits per heavy atom. The smallest absolute Gasteiger partial charge is 0.259 e. The number of fused-ring (bicyclic) bond motifs is 1. The Labute approximate surface area is 244 Å². The van der Waals surface area contributed by atoms with Gasteiger partial charge in [0.2, 0.25) is 5.78 Å². The van der Waals surface area contributed by atoms with Crippen molar-refractivity contribution >= 4 is 23.7 Å². The predicted octanol–water partition coefficient (Wildman–Crippen LogP) is 4.53. The highest BCUT2D eigenvalue weighted by molar-refractivity contribution is 6.30. The number of hydrogen-bond donors (Lipinski definition) is 1. The number of nitrogens with one attached hydrogen (secondary N) is 1. The summed E-state index contributed by atoms with van der Waals surface area (Å²) in [7, 11) is 1.99. The predicted molar refractivity (Wildman–Crippen MR) is 161 cm³/mol. The van der Waals surface area contributed by atoms with Gasteiger partial charge in [-0.15, -0.1) is 0 Å². The molecule has 1 aliphatic heterocycles. The number of carbonyl (C=O) groups is 1. The van der Waals surface area contributed by atoms with E-state index >= 15 is 0 Å². The number of aryl methyl sites for hydroxylation is 1. The van der Waals surface area contributed by atoms with Crippen LogP contribution >= 0.6 is 11.6 Å². The Hall–Kier alpha value is -3.81. The summed E-state index contributed by atoms with van der Waals surface area (Å²) in [5.74, 6) is 0.531. The van der Waals surface area contributed by atoms with Crippen molar-refractivity contribution in [3.8, 4) is 28.6 Å². The van der Waals surface area contributed by atoms with Crippen LogP contribution in [0.1, 0.15) is 29.6 Å². The van der Waals surface area contributed by atoms with E-state index in [-0.39, 0.29) is 5.56 Å². The molecule has 4 aromatic rings. The number of nitrogens with zero attached hydrogens (tertiary/aromatic N) is 5. The number of carbonyl (C=O) groups excluding carboxylic acids is 1. The number of rotatable bonds is 10. The van der Waals surface area contributed by atoms with E-state index in [2.05, 4.69) is 16.3 Å². The number of halogens is 1. The van der Waals surface area contributed by atoms with Crippen LogP contribution < -0.4 is 10.9 Å². The first-order chi connectivity index (χ1) is 20.0. The highest BCUT2D eigenvalue weighted by atomic mass is 35.5. The molecule has 0 amide bonds. The van der Waals surface area contributed by atoms with Crippen molar-refractivity contribution in [3.05, 3.63) is 81.7 Å². The van der Waals surface area contributed by atoms with Crippen LogP contribution in [0.4, 0.5) is 0 Å². The number of likely N-dealkylation sites (N-methyl/N-ethyl adjacent to an activating group) is 1. The Kier molecular flexibility index (Phi) is 11.2. The van der Waals surface area contributed by atoms with Crippen molar-refractivity contribution in [1.29, 1.82) is 5.26 Å². The fourth-order valence-corrected chi connectivity index (χ4v) is 4.74. The molecule has 3 heterocycles.